The summed E-state index contributed by atoms with van der Waals surface area (Å²) in [6, 6.07) is 0.344. The van der Waals surface area contributed by atoms with Crippen molar-refractivity contribution in [2.45, 2.75) is 52.2 Å². The number of thiazole rings is 1. The van der Waals surface area contributed by atoms with E-state index >= 15 is 0 Å². The molecule has 1 aromatic rings. The molecule has 100 valence electrons. The quantitative estimate of drug-likeness (QED) is 0.907. The molecule has 18 heavy (non-hydrogen) atoms. The van der Waals surface area contributed by atoms with Crippen molar-refractivity contribution in [3.05, 3.63) is 16.1 Å². The van der Waals surface area contributed by atoms with E-state index in [1.54, 1.807) is 11.3 Å². The number of hydrogen-bond donors (Lipinski definition) is 1. The van der Waals surface area contributed by atoms with Crippen molar-refractivity contribution >= 4 is 17.2 Å². The van der Waals surface area contributed by atoms with Crippen LogP contribution in [0.3, 0.4) is 0 Å². The van der Waals surface area contributed by atoms with Crippen LogP contribution in [0.4, 0.5) is 0 Å². The third kappa shape index (κ3) is 3.09. The fourth-order valence-electron chi connectivity index (χ4n) is 2.31. The lowest BCUT2D eigenvalue weighted by Crippen LogP contribution is -2.51. The van der Waals surface area contributed by atoms with E-state index in [-0.39, 0.29) is 11.9 Å². The molecule has 1 N–H and O–H groups in total. The molecule has 2 rings (SSSR count). The summed E-state index contributed by atoms with van der Waals surface area (Å²) in [5.41, 5.74) is 2.90. The normalized spacial score (nSPS) is 20.8. The number of hydrogen-bond acceptors (Lipinski definition) is 4. The molecule has 5 heteroatoms. The lowest BCUT2D eigenvalue weighted by atomic mass is 10.0. The molecule has 0 bridgehead atoms. The fourth-order valence-corrected chi connectivity index (χ4v) is 3.10. The number of nitrogens with one attached hydrogen (secondary N) is 1. The average Bonchev–Trinajstić information content (AvgIpc) is 2.70. The van der Waals surface area contributed by atoms with E-state index in [9.17, 15) is 4.79 Å². The highest BCUT2D eigenvalue weighted by Gasteiger charge is 2.29. The van der Waals surface area contributed by atoms with E-state index in [0.717, 1.165) is 25.1 Å². The predicted octanol–water partition coefficient (Wildman–Crippen LogP) is 1.94. The van der Waals surface area contributed by atoms with Crippen molar-refractivity contribution in [2.24, 2.45) is 0 Å². The van der Waals surface area contributed by atoms with Crippen molar-refractivity contribution in [1.82, 2.24) is 15.2 Å². The second kappa shape index (κ2) is 5.80. The van der Waals surface area contributed by atoms with E-state index in [0.29, 0.717) is 12.6 Å². The van der Waals surface area contributed by atoms with Crippen LogP contribution in [0, 0.1) is 6.92 Å². The zero-order valence-corrected chi connectivity index (χ0v) is 12.1. The van der Waals surface area contributed by atoms with Gasteiger partial charge < -0.3 is 10.2 Å². The van der Waals surface area contributed by atoms with Gasteiger partial charge in [-0.15, -0.1) is 11.3 Å². The summed E-state index contributed by atoms with van der Waals surface area (Å²) in [5, 5.41) is 3.35. The van der Waals surface area contributed by atoms with Gasteiger partial charge in [0.25, 0.3) is 0 Å². The van der Waals surface area contributed by atoms with Crippen LogP contribution in [0.15, 0.2) is 5.51 Å². The zero-order valence-electron chi connectivity index (χ0n) is 11.3. The summed E-state index contributed by atoms with van der Waals surface area (Å²) in [4.78, 5) is 19.8. The van der Waals surface area contributed by atoms with E-state index in [2.05, 4.69) is 24.1 Å². The molecule has 1 amide bonds. The Labute approximate surface area is 112 Å². The van der Waals surface area contributed by atoms with Crippen molar-refractivity contribution in [2.75, 3.05) is 6.54 Å². The summed E-state index contributed by atoms with van der Waals surface area (Å²) in [6.45, 7) is 7.75. The van der Waals surface area contributed by atoms with E-state index < -0.39 is 0 Å². The van der Waals surface area contributed by atoms with Gasteiger partial charge >= 0.3 is 0 Å². The van der Waals surface area contributed by atoms with Gasteiger partial charge in [-0.05, 0) is 19.8 Å². The van der Waals surface area contributed by atoms with Gasteiger partial charge in [0.05, 0.1) is 23.8 Å². The predicted molar refractivity (Wildman–Crippen MR) is 73.6 cm³/mol. The Morgan fingerprint density at radius 2 is 2.39 bits per heavy atom. The SMILES string of the molecule is Cc1ncsc1CN1CCCC(NC(C)C)C1=O. The number of aromatic nitrogens is 1. The molecule has 1 unspecified atom stereocenters. The van der Waals surface area contributed by atoms with Crippen LogP contribution in [0.1, 0.15) is 37.3 Å². The molecular formula is C13H21N3OS. The number of aryl methyl sites for hydroxylation is 1. The first-order valence-electron chi connectivity index (χ1n) is 6.51. The minimum absolute atomic E-state index is 0.00743. The third-order valence-electron chi connectivity index (χ3n) is 3.24. The molecular weight excluding hydrogens is 246 g/mol. The Balaban J connectivity index is 2.00. The maximum absolute atomic E-state index is 12.3. The first kappa shape index (κ1) is 13.5. The number of carbonyl (C=O) groups is 1. The molecule has 0 aromatic carbocycles. The fraction of sp³-hybridized carbons (Fsp3) is 0.692. The number of carbonyl (C=O) groups excluding carboxylic acids is 1. The highest BCUT2D eigenvalue weighted by Crippen LogP contribution is 2.19. The van der Waals surface area contributed by atoms with Crippen LogP contribution < -0.4 is 5.32 Å². The Morgan fingerprint density at radius 1 is 1.61 bits per heavy atom. The molecule has 0 aliphatic carbocycles. The smallest absolute Gasteiger partial charge is 0.240 e. The van der Waals surface area contributed by atoms with Gasteiger partial charge in [-0.2, -0.15) is 0 Å². The summed E-state index contributed by atoms with van der Waals surface area (Å²) < 4.78 is 0. The van der Waals surface area contributed by atoms with Crippen molar-refractivity contribution in [3.8, 4) is 0 Å². The molecule has 0 saturated carbocycles. The van der Waals surface area contributed by atoms with E-state index in [1.807, 2.05) is 17.3 Å². The summed E-state index contributed by atoms with van der Waals surface area (Å²) in [6.07, 6.45) is 2.03. The Bertz CT molecular complexity index is 416. The number of nitrogens with zero attached hydrogens (tertiary/aromatic N) is 2. The molecule has 1 aliphatic heterocycles. The molecule has 1 atom stereocenters. The zero-order chi connectivity index (χ0) is 13.1. The van der Waals surface area contributed by atoms with Crippen molar-refractivity contribution in [3.63, 3.8) is 0 Å². The lowest BCUT2D eigenvalue weighted by Gasteiger charge is -2.33. The number of likely N-dealkylation sites (tertiary alicyclic amines) is 1. The van der Waals surface area contributed by atoms with Gasteiger partial charge in [-0.1, -0.05) is 13.8 Å². The van der Waals surface area contributed by atoms with Crippen molar-refractivity contribution in [1.29, 1.82) is 0 Å². The Kier molecular flexibility index (Phi) is 4.35. The summed E-state index contributed by atoms with van der Waals surface area (Å²) in [7, 11) is 0. The number of piperidine rings is 1. The molecule has 2 heterocycles. The molecule has 4 nitrogen and oxygen atoms in total. The number of amides is 1. The molecule has 1 aromatic heterocycles. The van der Waals surface area contributed by atoms with Gasteiger partial charge in [0.1, 0.15) is 0 Å². The molecule has 0 radical (unpaired) electrons. The maximum Gasteiger partial charge on any atom is 0.240 e. The highest BCUT2D eigenvalue weighted by molar-refractivity contribution is 7.09. The Hall–Kier alpha value is -0.940. The first-order valence-corrected chi connectivity index (χ1v) is 7.39. The average molecular weight is 267 g/mol. The van der Waals surface area contributed by atoms with Crippen LogP contribution in [0.5, 0.6) is 0 Å². The molecule has 0 spiro atoms. The van der Waals surface area contributed by atoms with Crippen LogP contribution >= 0.6 is 11.3 Å². The van der Waals surface area contributed by atoms with Crippen LogP contribution in [-0.4, -0.2) is 34.4 Å². The van der Waals surface area contributed by atoms with E-state index in [4.69, 9.17) is 0 Å². The molecule has 1 aliphatic rings. The van der Waals surface area contributed by atoms with E-state index in [1.165, 1.54) is 4.88 Å². The number of rotatable bonds is 4. The summed E-state index contributed by atoms with van der Waals surface area (Å²) >= 11 is 1.63. The van der Waals surface area contributed by atoms with Crippen LogP contribution in [0.25, 0.3) is 0 Å². The van der Waals surface area contributed by atoms with Gasteiger partial charge in [0.15, 0.2) is 0 Å². The second-order valence-corrected chi connectivity index (χ2v) is 6.08. The molecule has 1 saturated heterocycles. The third-order valence-corrected chi connectivity index (χ3v) is 4.16. The van der Waals surface area contributed by atoms with Crippen LogP contribution in [-0.2, 0) is 11.3 Å². The van der Waals surface area contributed by atoms with Crippen LogP contribution in [0.2, 0.25) is 0 Å². The minimum atomic E-state index is -0.00743. The molecule has 1 fully saturated rings. The topological polar surface area (TPSA) is 45.2 Å². The lowest BCUT2D eigenvalue weighted by molar-refractivity contribution is -0.136. The monoisotopic (exact) mass is 267 g/mol. The first-order chi connectivity index (χ1) is 8.58. The largest absolute Gasteiger partial charge is 0.336 e. The second-order valence-electron chi connectivity index (χ2n) is 5.14. The van der Waals surface area contributed by atoms with Gasteiger partial charge in [0.2, 0.25) is 5.91 Å². The minimum Gasteiger partial charge on any atom is -0.336 e. The van der Waals surface area contributed by atoms with Gasteiger partial charge in [-0.3, -0.25) is 4.79 Å². The maximum atomic E-state index is 12.3. The highest BCUT2D eigenvalue weighted by atomic mass is 32.1. The standard InChI is InChI=1S/C13H21N3OS/c1-9(2)15-11-5-4-6-16(13(11)17)7-12-10(3)14-8-18-12/h8-9,11,15H,4-7H2,1-3H3. The Morgan fingerprint density at radius 3 is 3.00 bits per heavy atom. The summed E-state index contributed by atoms with van der Waals surface area (Å²) in [5.74, 6) is 0.239. The van der Waals surface area contributed by atoms with Gasteiger partial charge in [-0.25, -0.2) is 4.98 Å². The van der Waals surface area contributed by atoms with Gasteiger partial charge in [0, 0.05) is 17.5 Å². The van der Waals surface area contributed by atoms with Crippen molar-refractivity contribution < 1.29 is 4.79 Å².